The van der Waals surface area contributed by atoms with Crippen molar-refractivity contribution >= 4 is 103 Å². The molecule has 0 aliphatic heterocycles. The molecule has 6 heteroatoms. The van der Waals surface area contributed by atoms with E-state index in [2.05, 4.69) is 143 Å². The van der Waals surface area contributed by atoms with Gasteiger partial charge >= 0.3 is 0 Å². The third-order valence-corrected chi connectivity index (χ3v) is 11.9. The quantitative estimate of drug-likeness (QED) is 0.177. The van der Waals surface area contributed by atoms with E-state index < -0.39 is 0 Å². The summed E-state index contributed by atoms with van der Waals surface area (Å²) in [5.74, 6) is 0.596. The summed E-state index contributed by atoms with van der Waals surface area (Å²) in [7, 11) is 0. The number of fused-ring (bicyclic) bond motifs is 11. The van der Waals surface area contributed by atoms with Crippen LogP contribution in [0.5, 0.6) is 0 Å². The van der Waals surface area contributed by atoms with Crippen LogP contribution < -0.4 is 4.90 Å². The Morgan fingerprint density at radius 2 is 1.22 bits per heavy atom. The van der Waals surface area contributed by atoms with E-state index >= 15 is 0 Å². The molecule has 0 saturated carbocycles. The Labute approximate surface area is 318 Å². The molecule has 8 aromatic carbocycles. The van der Waals surface area contributed by atoms with Crippen molar-refractivity contribution in [1.29, 1.82) is 0 Å². The minimum atomic E-state index is 0.596. The highest BCUT2D eigenvalue weighted by atomic mass is 32.1. The van der Waals surface area contributed by atoms with Crippen LogP contribution in [-0.2, 0) is 0 Å². The molecule has 0 amide bonds. The van der Waals surface area contributed by atoms with Crippen molar-refractivity contribution in [1.82, 2.24) is 9.55 Å². The molecule has 0 fully saturated rings. The highest BCUT2D eigenvalue weighted by Crippen LogP contribution is 2.47. The summed E-state index contributed by atoms with van der Waals surface area (Å²) in [6, 6.07) is 62.1. The van der Waals surface area contributed by atoms with Crippen LogP contribution in [0.3, 0.4) is 0 Å². The number of hydrogen-bond acceptors (Lipinski definition) is 5. The van der Waals surface area contributed by atoms with E-state index in [-0.39, 0.29) is 0 Å². The first-order chi connectivity index (χ1) is 27.3. The largest absolute Gasteiger partial charge is 0.456 e. The van der Waals surface area contributed by atoms with Crippen molar-refractivity contribution in [3.8, 4) is 17.1 Å². The van der Waals surface area contributed by atoms with Gasteiger partial charge in [0.05, 0.1) is 22.1 Å². The number of furan rings is 1. The second-order valence-electron chi connectivity index (χ2n) is 13.9. The van der Waals surface area contributed by atoms with Gasteiger partial charge in [0.2, 0.25) is 5.89 Å². The minimum absolute atomic E-state index is 0.596. The fourth-order valence-electron chi connectivity index (χ4n) is 8.38. The molecule has 0 bridgehead atoms. The summed E-state index contributed by atoms with van der Waals surface area (Å²) in [6.45, 7) is 0. The first-order valence-corrected chi connectivity index (χ1v) is 19.2. The van der Waals surface area contributed by atoms with Crippen LogP contribution in [0.1, 0.15) is 0 Å². The van der Waals surface area contributed by atoms with Crippen LogP contribution in [0.25, 0.3) is 92.2 Å². The second-order valence-corrected chi connectivity index (χ2v) is 15.0. The van der Waals surface area contributed by atoms with E-state index in [9.17, 15) is 0 Å². The summed E-state index contributed by atoms with van der Waals surface area (Å²) in [5, 5.41) is 6.86. The molecule has 0 aliphatic rings. The van der Waals surface area contributed by atoms with Gasteiger partial charge < -0.3 is 18.3 Å². The Morgan fingerprint density at radius 3 is 2.09 bits per heavy atom. The van der Waals surface area contributed by atoms with Gasteiger partial charge in [0.15, 0.2) is 5.58 Å². The van der Waals surface area contributed by atoms with Crippen LogP contribution in [0, 0.1) is 0 Å². The van der Waals surface area contributed by atoms with Gasteiger partial charge in [-0.1, -0.05) is 91.0 Å². The molecule has 258 valence electrons. The molecular weight excluding hydrogens is 695 g/mol. The second kappa shape index (κ2) is 11.7. The average Bonchev–Trinajstić information content (AvgIpc) is 4.02. The zero-order valence-electron chi connectivity index (χ0n) is 29.3. The number of rotatable bonds is 5. The van der Waals surface area contributed by atoms with E-state index in [1.54, 1.807) is 0 Å². The van der Waals surface area contributed by atoms with Crippen molar-refractivity contribution in [2.24, 2.45) is 0 Å². The summed E-state index contributed by atoms with van der Waals surface area (Å²) in [6.07, 6.45) is 0. The molecule has 0 radical (unpaired) electrons. The summed E-state index contributed by atoms with van der Waals surface area (Å²) < 4.78 is 18.0. The number of oxazole rings is 1. The predicted molar refractivity (Wildman–Crippen MR) is 229 cm³/mol. The molecule has 0 saturated heterocycles. The lowest BCUT2D eigenvalue weighted by atomic mass is 10.1. The third kappa shape index (κ3) is 4.55. The van der Waals surface area contributed by atoms with Crippen molar-refractivity contribution in [2.75, 3.05) is 4.90 Å². The number of aromatic nitrogens is 2. The highest BCUT2D eigenvalue weighted by molar-refractivity contribution is 7.25. The molecule has 55 heavy (non-hydrogen) atoms. The van der Waals surface area contributed by atoms with Crippen LogP contribution in [0.4, 0.5) is 17.1 Å². The van der Waals surface area contributed by atoms with E-state index in [0.717, 1.165) is 72.4 Å². The van der Waals surface area contributed by atoms with Gasteiger partial charge in [-0.25, -0.2) is 4.98 Å². The molecule has 12 rings (SSSR count). The fourth-order valence-corrected chi connectivity index (χ4v) is 9.52. The number of benzene rings is 8. The molecule has 4 aromatic heterocycles. The van der Waals surface area contributed by atoms with Gasteiger partial charge in [0, 0.05) is 65.0 Å². The van der Waals surface area contributed by atoms with Gasteiger partial charge in [0.1, 0.15) is 16.7 Å². The summed E-state index contributed by atoms with van der Waals surface area (Å²) in [5.41, 5.74) is 10.5. The SMILES string of the molecule is c1ccc(-c2nc3ccc4oc5cc(N(c6ccc7c(c6)sc6ccccc67)c6cccc7c8ccccc8n(-c8ccccc8)c67)ccc5c4c3o2)cc1. The highest BCUT2D eigenvalue weighted by Gasteiger charge is 2.24. The molecule has 4 heterocycles. The molecular formula is C49H29N3O2S. The van der Waals surface area contributed by atoms with Gasteiger partial charge in [-0.3, -0.25) is 0 Å². The van der Waals surface area contributed by atoms with E-state index in [0.29, 0.717) is 5.89 Å². The minimum Gasteiger partial charge on any atom is -0.456 e. The van der Waals surface area contributed by atoms with Crippen molar-refractivity contribution < 1.29 is 8.83 Å². The van der Waals surface area contributed by atoms with Gasteiger partial charge in [-0.2, -0.15) is 0 Å². The Kier molecular flexibility index (Phi) is 6.44. The van der Waals surface area contributed by atoms with E-state index in [4.69, 9.17) is 13.8 Å². The molecule has 0 N–H and O–H groups in total. The van der Waals surface area contributed by atoms with Crippen LogP contribution in [0.15, 0.2) is 185 Å². The number of hydrogen-bond donors (Lipinski definition) is 0. The van der Waals surface area contributed by atoms with E-state index in [1.165, 1.54) is 30.9 Å². The zero-order chi connectivity index (χ0) is 36.0. The van der Waals surface area contributed by atoms with Crippen molar-refractivity contribution in [3.63, 3.8) is 0 Å². The van der Waals surface area contributed by atoms with Crippen LogP contribution >= 0.6 is 11.3 Å². The summed E-state index contributed by atoms with van der Waals surface area (Å²) >= 11 is 1.83. The Morgan fingerprint density at radius 1 is 0.509 bits per heavy atom. The lowest BCUT2D eigenvalue weighted by molar-refractivity contribution is 0.622. The smallest absolute Gasteiger partial charge is 0.227 e. The maximum Gasteiger partial charge on any atom is 0.227 e. The molecule has 0 aliphatic carbocycles. The fraction of sp³-hybridized carbons (Fsp3) is 0. The van der Waals surface area contributed by atoms with E-state index in [1.807, 2.05) is 53.8 Å². The van der Waals surface area contributed by atoms with Gasteiger partial charge in [-0.05, 0) is 78.9 Å². The topological polar surface area (TPSA) is 47.3 Å². The first kappa shape index (κ1) is 30.3. The Bertz CT molecular complexity index is 3450. The number of nitrogens with zero attached hydrogens (tertiary/aromatic N) is 3. The molecule has 0 spiro atoms. The standard InChI is InChI=1S/C49H29N3O2S/c1-3-12-30(13-4-1)49-50-39-26-27-42-46(48(39)54-49)38-25-23-32(28-43(38)53-42)51(33-22-24-36-35-17-8-10-21-44(35)55-45(36)29-33)41-20-11-18-37-34-16-7-9-19-40(34)52(47(37)41)31-14-5-2-6-15-31/h1-29H. The Hall–Kier alpha value is -7.15. The van der Waals surface area contributed by atoms with Crippen LogP contribution in [-0.4, -0.2) is 9.55 Å². The third-order valence-electron chi connectivity index (χ3n) is 10.8. The molecule has 0 atom stereocenters. The number of thiophene rings is 1. The number of anilines is 3. The van der Waals surface area contributed by atoms with Crippen LogP contribution in [0.2, 0.25) is 0 Å². The maximum atomic E-state index is 6.66. The van der Waals surface area contributed by atoms with Gasteiger partial charge in [0.25, 0.3) is 0 Å². The number of para-hydroxylation sites is 3. The van der Waals surface area contributed by atoms with Crippen molar-refractivity contribution in [3.05, 3.63) is 176 Å². The normalized spacial score (nSPS) is 12.0. The lowest BCUT2D eigenvalue weighted by Crippen LogP contribution is -2.11. The first-order valence-electron chi connectivity index (χ1n) is 18.4. The zero-order valence-corrected chi connectivity index (χ0v) is 30.1. The lowest BCUT2D eigenvalue weighted by Gasteiger charge is -2.27. The van der Waals surface area contributed by atoms with Crippen molar-refractivity contribution in [2.45, 2.75) is 0 Å². The predicted octanol–water partition coefficient (Wildman–Crippen LogP) is 14.3. The molecule has 0 unspecified atom stereocenters. The monoisotopic (exact) mass is 723 g/mol. The van der Waals surface area contributed by atoms with Gasteiger partial charge in [-0.15, -0.1) is 11.3 Å². The molecule has 5 nitrogen and oxygen atoms in total. The summed E-state index contributed by atoms with van der Waals surface area (Å²) in [4.78, 5) is 7.23. The Balaban J connectivity index is 1.13. The molecule has 12 aromatic rings. The maximum absolute atomic E-state index is 6.66. The average molecular weight is 724 g/mol.